The fourth-order valence-corrected chi connectivity index (χ4v) is 3.64. The third kappa shape index (κ3) is 3.58. The van der Waals surface area contributed by atoms with E-state index >= 15 is 0 Å². The number of hydrogen-bond acceptors (Lipinski definition) is 2. The highest BCUT2D eigenvalue weighted by atomic mass is 79.9. The average Bonchev–Trinajstić information content (AvgIpc) is 2.69. The predicted octanol–water partition coefficient (Wildman–Crippen LogP) is 5.17. The van der Waals surface area contributed by atoms with Gasteiger partial charge in [-0.1, -0.05) is 29.3 Å². The number of rotatable bonds is 4. The van der Waals surface area contributed by atoms with Crippen molar-refractivity contribution in [2.24, 2.45) is 0 Å². The lowest BCUT2D eigenvalue weighted by molar-refractivity contribution is -0.117. The zero-order valence-electron chi connectivity index (χ0n) is 9.25. The Morgan fingerprint density at radius 3 is 2.33 bits per heavy atom. The zero-order valence-corrected chi connectivity index (χ0v) is 13.2. The van der Waals surface area contributed by atoms with Gasteiger partial charge in [0, 0.05) is 27.8 Å². The number of carbonyl (C=O) groups excluding carboxylic acids is 1. The molecule has 0 saturated heterocycles. The molecule has 2 aromatic rings. The maximum absolute atomic E-state index is 12.0. The van der Waals surface area contributed by atoms with Crippen molar-refractivity contribution in [2.45, 2.75) is 12.8 Å². The van der Waals surface area contributed by atoms with Crippen molar-refractivity contribution in [1.82, 2.24) is 0 Å². The molecule has 0 unspecified atom stereocenters. The van der Waals surface area contributed by atoms with Crippen LogP contribution >= 0.6 is 50.5 Å². The van der Waals surface area contributed by atoms with Crippen molar-refractivity contribution in [3.05, 3.63) is 54.6 Å². The molecule has 1 heterocycles. The lowest BCUT2D eigenvalue weighted by Crippen LogP contribution is -2.06. The number of halogens is 3. The number of Topliss-reactive ketones (excluding diaryl/α,β-unsaturated/α-hetero) is 1. The van der Waals surface area contributed by atoms with Crippen LogP contribution in [0.3, 0.4) is 0 Å². The highest BCUT2D eigenvalue weighted by Crippen LogP contribution is 2.26. The van der Waals surface area contributed by atoms with Crippen molar-refractivity contribution in [1.29, 1.82) is 0 Å². The maximum Gasteiger partial charge on any atom is 0.142 e. The Morgan fingerprint density at radius 1 is 1.11 bits per heavy atom. The SMILES string of the molecule is O=C(Cc1ccc(Br)s1)Cc1c(Cl)cccc1Cl. The van der Waals surface area contributed by atoms with E-state index in [2.05, 4.69) is 15.9 Å². The van der Waals surface area contributed by atoms with E-state index in [9.17, 15) is 4.79 Å². The summed E-state index contributed by atoms with van der Waals surface area (Å²) < 4.78 is 1.03. The minimum atomic E-state index is 0.111. The molecule has 1 aromatic heterocycles. The van der Waals surface area contributed by atoms with Gasteiger partial charge in [0.2, 0.25) is 0 Å². The topological polar surface area (TPSA) is 17.1 Å². The van der Waals surface area contributed by atoms with Gasteiger partial charge in [-0.25, -0.2) is 0 Å². The van der Waals surface area contributed by atoms with Gasteiger partial charge < -0.3 is 0 Å². The smallest absolute Gasteiger partial charge is 0.142 e. The molecular formula is C13H9BrCl2OS. The van der Waals surface area contributed by atoms with Crippen LogP contribution in [0.15, 0.2) is 34.1 Å². The Hall–Kier alpha value is -0.350. The molecule has 1 aromatic carbocycles. The van der Waals surface area contributed by atoms with Crippen LogP contribution in [0.5, 0.6) is 0 Å². The van der Waals surface area contributed by atoms with Gasteiger partial charge in [-0.15, -0.1) is 11.3 Å². The molecule has 1 nitrogen and oxygen atoms in total. The van der Waals surface area contributed by atoms with Crippen LogP contribution in [-0.4, -0.2) is 5.78 Å². The molecule has 2 rings (SSSR count). The quantitative estimate of drug-likeness (QED) is 0.732. The number of hydrogen-bond donors (Lipinski definition) is 0. The van der Waals surface area contributed by atoms with Gasteiger partial charge in [0.15, 0.2) is 0 Å². The molecule has 0 amide bonds. The largest absolute Gasteiger partial charge is 0.299 e. The lowest BCUT2D eigenvalue weighted by Gasteiger charge is -2.05. The van der Waals surface area contributed by atoms with E-state index in [1.165, 1.54) is 0 Å². The number of carbonyl (C=O) groups is 1. The number of benzene rings is 1. The first kappa shape index (κ1) is 14.1. The Balaban J connectivity index is 2.08. The summed E-state index contributed by atoms with van der Waals surface area (Å²) in [6.45, 7) is 0. The molecule has 0 spiro atoms. The van der Waals surface area contributed by atoms with Gasteiger partial charge in [0.1, 0.15) is 5.78 Å². The van der Waals surface area contributed by atoms with Gasteiger partial charge >= 0.3 is 0 Å². The van der Waals surface area contributed by atoms with Gasteiger partial charge in [0.25, 0.3) is 0 Å². The minimum absolute atomic E-state index is 0.111. The van der Waals surface area contributed by atoms with Crippen LogP contribution < -0.4 is 0 Å². The van der Waals surface area contributed by atoms with Crippen molar-refractivity contribution < 1.29 is 4.79 Å². The first-order chi connectivity index (χ1) is 8.56. The second-order valence-electron chi connectivity index (χ2n) is 3.80. The molecule has 0 atom stereocenters. The molecule has 0 N–H and O–H groups in total. The zero-order chi connectivity index (χ0) is 13.1. The summed E-state index contributed by atoms with van der Waals surface area (Å²) >= 11 is 17.0. The number of ketones is 1. The van der Waals surface area contributed by atoms with Crippen LogP contribution in [0, 0.1) is 0 Å². The summed E-state index contributed by atoms with van der Waals surface area (Å²) in [6, 6.07) is 9.15. The molecule has 0 aliphatic carbocycles. The Bertz CT molecular complexity index is 560. The fraction of sp³-hybridized carbons (Fsp3) is 0.154. The molecule has 0 aliphatic heterocycles. The minimum Gasteiger partial charge on any atom is -0.299 e. The molecule has 0 radical (unpaired) electrons. The Morgan fingerprint density at radius 2 is 1.78 bits per heavy atom. The molecule has 0 bridgehead atoms. The van der Waals surface area contributed by atoms with E-state index in [0.29, 0.717) is 22.0 Å². The van der Waals surface area contributed by atoms with Crippen LogP contribution in [0.2, 0.25) is 10.0 Å². The summed E-state index contributed by atoms with van der Waals surface area (Å²) in [4.78, 5) is 13.0. The van der Waals surface area contributed by atoms with E-state index in [1.807, 2.05) is 12.1 Å². The predicted molar refractivity (Wildman–Crippen MR) is 80.9 cm³/mol. The van der Waals surface area contributed by atoms with Crippen molar-refractivity contribution >= 4 is 56.3 Å². The molecular weight excluding hydrogens is 355 g/mol. The van der Waals surface area contributed by atoms with Crippen molar-refractivity contribution in [3.8, 4) is 0 Å². The van der Waals surface area contributed by atoms with E-state index in [1.54, 1.807) is 29.5 Å². The highest BCUT2D eigenvalue weighted by molar-refractivity contribution is 9.11. The highest BCUT2D eigenvalue weighted by Gasteiger charge is 2.12. The van der Waals surface area contributed by atoms with Crippen molar-refractivity contribution in [2.75, 3.05) is 0 Å². The molecule has 5 heteroatoms. The van der Waals surface area contributed by atoms with E-state index < -0.39 is 0 Å². The molecule has 0 saturated carbocycles. The van der Waals surface area contributed by atoms with E-state index in [-0.39, 0.29) is 12.2 Å². The normalized spacial score (nSPS) is 10.6. The summed E-state index contributed by atoms with van der Waals surface area (Å²) in [6.07, 6.45) is 0.686. The molecule has 0 fully saturated rings. The van der Waals surface area contributed by atoms with E-state index in [4.69, 9.17) is 23.2 Å². The Kier molecular flexibility index (Phi) is 4.84. The lowest BCUT2D eigenvalue weighted by atomic mass is 10.1. The van der Waals surface area contributed by atoms with Crippen molar-refractivity contribution in [3.63, 3.8) is 0 Å². The third-order valence-corrected chi connectivity index (χ3v) is 4.77. The van der Waals surface area contributed by atoms with Crippen LogP contribution in [0.1, 0.15) is 10.4 Å². The van der Waals surface area contributed by atoms with Crippen LogP contribution in [0.4, 0.5) is 0 Å². The first-order valence-corrected chi connectivity index (χ1v) is 7.61. The fourth-order valence-electron chi connectivity index (χ4n) is 1.60. The van der Waals surface area contributed by atoms with Gasteiger partial charge in [-0.3, -0.25) is 4.79 Å². The summed E-state index contributed by atoms with van der Waals surface area (Å²) in [5.41, 5.74) is 0.710. The van der Waals surface area contributed by atoms with Crippen LogP contribution in [-0.2, 0) is 17.6 Å². The van der Waals surface area contributed by atoms with Crippen LogP contribution in [0.25, 0.3) is 0 Å². The Labute approximate surface area is 128 Å². The first-order valence-electron chi connectivity index (χ1n) is 5.25. The summed E-state index contributed by atoms with van der Waals surface area (Å²) in [5.74, 6) is 0.111. The van der Waals surface area contributed by atoms with Gasteiger partial charge in [-0.05, 0) is 45.8 Å². The molecule has 0 aliphatic rings. The second kappa shape index (κ2) is 6.20. The molecule has 94 valence electrons. The monoisotopic (exact) mass is 362 g/mol. The molecule has 18 heavy (non-hydrogen) atoms. The second-order valence-corrected chi connectivity index (χ2v) is 7.16. The van der Waals surface area contributed by atoms with E-state index in [0.717, 1.165) is 8.66 Å². The standard InChI is InChI=1S/C13H9BrCl2OS/c14-13-5-4-9(18-13)6-8(17)7-10-11(15)2-1-3-12(10)16/h1-5H,6-7H2. The third-order valence-electron chi connectivity index (χ3n) is 2.44. The summed E-state index contributed by atoms with van der Waals surface area (Å²) in [7, 11) is 0. The van der Waals surface area contributed by atoms with Gasteiger partial charge in [-0.2, -0.15) is 0 Å². The number of thiophene rings is 1. The summed E-state index contributed by atoms with van der Waals surface area (Å²) in [5, 5.41) is 1.09. The van der Waals surface area contributed by atoms with Gasteiger partial charge in [0.05, 0.1) is 3.79 Å². The average molecular weight is 364 g/mol. The maximum atomic E-state index is 12.0.